The Morgan fingerprint density at radius 1 is 1.00 bits per heavy atom. The third-order valence-corrected chi connectivity index (χ3v) is 5.74. The lowest BCUT2D eigenvalue weighted by Crippen LogP contribution is -2.67. The van der Waals surface area contributed by atoms with Crippen LogP contribution in [0.15, 0.2) is 0 Å². The van der Waals surface area contributed by atoms with E-state index in [1.54, 1.807) is 6.92 Å². The molecule has 2 saturated heterocycles. The molecule has 0 aliphatic carbocycles. The number of hydrogen-bond donors (Lipinski definition) is 6. The molecule has 7 N–H and O–H groups in total. The smallest absolute Gasteiger partial charge is 0.217 e. The number of nitrogens with two attached hydrogens (primary N) is 1. The molecular formula is C20H38N2O11. The summed E-state index contributed by atoms with van der Waals surface area (Å²) in [5.41, 5.74) is 6.17. The lowest BCUT2D eigenvalue weighted by molar-refractivity contribution is -0.325. The Balaban J connectivity index is 2.20. The Morgan fingerprint density at radius 2 is 1.58 bits per heavy atom. The van der Waals surface area contributed by atoms with Gasteiger partial charge in [-0.25, -0.2) is 0 Å². The molecule has 2 aliphatic heterocycles. The fraction of sp³-hybridized carbons (Fsp3) is 0.950. The van der Waals surface area contributed by atoms with Crippen molar-refractivity contribution in [3.05, 3.63) is 0 Å². The molecule has 0 bridgehead atoms. The maximum Gasteiger partial charge on any atom is 0.217 e. The summed E-state index contributed by atoms with van der Waals surface area (Å²) in [6.07, 6.45) is -6.94. The summed E-state index contributed by atoms with van der Waals surface area (Å²) in [4.78, 5) is 11.7. The van der Waals surface area contributed by atoms with E-state index in [1.807, 2.05) is 0 Å². The van der Waals surface area contributed by atoms with Crippen LogP contribution in [0.2, 0.25) is 0 Å². The Labute approximate surface area is 193 Å². The van der Waals surface area contributed by atoms with Crippen molar-refractivity contribution in [3.8, 4) is 0 Å². The van der Waals surface area contributed by atoms with Crippen molar-refractivity contribution in [2.45, 2.75) is 69.0 Å². The van der Waals surface area contributed by atoms with Gasteiger partial charge in [-0.05, 0) is 0 Å². The maximum atomic E-state index is 11.7. The van der Waals surface area contributed by atoms with Gasteiger partial charge in [0.05, 0.1) is 57.9 Å². The van der Waals surface area contributed by atoms with E-state index < -0.39 is 61.1 Å². The molecular weight excluding hydrogens is 444 g/mol. The van der Waals surface area contributed by atoms with Crippen LogP contribution in [-0.2, 0) is 33.2 Å². The predicted octanol–water partition coefficient (Wildman–Crippen LogP) is -3.32. The summed E-state index contributed by atoms with van der Waals surface area (Å²) < 4.78 is 33.8. The molecule has 0 aromatic heterocycles. The lowest BCUT2D eigenvalue weighted by Gasteiger charge is -2.48. The number of aliphatic hydroxyl groups is 4. The quantitative estimate of drug-likeness (QED) is 0.152. The number of nitrogens with one attached hydrogen (secondary N) is 1. The molecule has 2 fully saturated rings. The van der Waals surface area contributed by atoms with Gasteiger partial charge in [0.2, 0.25) is 5.91 Å². The van der Waals surface area contributed by atoms with Crippen molar-refractivity contribution < 1.29 is 53.6 Å². The van der Waals surface area contributed by atoms with Crippen LogP contribution in [0.1, 0.15) is 13.8 Å². The highest BCUT2D eigenvalue weighted by Crippen LogP contribution is 2.31. The van der Waals surface area contributed by atoms with Gasteiger partial charge in [-0.1, -0.05) is 6.92 Å². The highest BCUT2D eigenvalue weighted by atomic mass is 16.7. The second-order valence-electron chi connectivity index (χ2n) is 8.16. The normalized spacial score (nSPS) is 39.4. The van der Waals surface area contributed by atoms with E-state index in [9.17, 15) is 15.0 Å². The van der Waals surface area contributed by atoms with E-state index in [-0.39, 0.29) is 45.6 Å². The summed E-state index contributed by atoms with van der Waals surface area (Å²) in [5.74, 6) is -0.783. The third kappa shape index (κ3) is 7.50. The van der Waals surface area contributed by atoms with Gasteiger partial charge in [0.25, 0.3) is 0 Å². The number of amides is 1. The van der Waals surface area contributed by atoms with E-state index >= 15 is 0 Å². The molecule has 194 valence electrons. The molecule has 33 heavy (non-hydrogen) atoms. The molecule has 1 amide bonds. The Morgan fingerprint density at radius 3 is 2.12 bits per heavy atom. The van der Waals surface area contributed by atoms with Crippen molar-refractivity contribution in [2.75, 3.05) is 46.8 Å². The average Bonchev–Trinajstić information content (AvgIpc) is 2.78. The van der Waals surface area contributed by atoms with Crippen molar-refractivity contribution in [1.82, 2.24) is 5.32 Å². The molecule has 4 unspecified atom stereocenters. The van der Waals surface area contributed by atoms with Crippen molar-refractivity contribution in [2.24, 2.45) is 11.7 Å². The van der Waals surface area contributed by atoms with Crippen LogP contribution >= 0.6 is 0 Å². The zero-order chi connectivity index (χ0) is 24.5. The molecule has 0 spiro atoms. The molecule has 13 nitrogen and oxygen atoms in total. The van der Waals surface area contributed by atoms with E-state index in [1.165, 1.54) is 14.0 Å². The van der Waals surface area contributed by atoms with Gasteiger partial charge in [0.1, 0.15) is 24.4 Å². The minimum Gasteiger partial charge on any atom is -0.394 e. The highest BCUT2D eigenvalue weighted by molar-refractivity contribution is 5.73. The minimum atomic E-state index is -1.30. The highest BCUT2D eigenvalue weighted by Gasteiger charge is 2.50. The SMILES string of the molecule is CO[C@@H]1OC(COCCO)[C@H](O[C@@H]2OC(COCCO)[C@H](C)[C@H](O)C2N)[C@H](O)C1NC(C)=O. The topological polar surface area (TPSA) is 191 Å². The van der Waals surface area contributed by atoms with E-state index in [0.29, 0.717) is 0 Å². The summed E-state index contributed by atoms with van der Waals surface area (Å²) in [6, 6.07) is -1.90. The first-order valence-corrected chi connectivity index (χ1v) is 11.0. The van der Waals surface area contributed by atoms with Crippen molar-refractivity contribution >= 4 is 5.91 Å². The largest absolute Gasteiger partial charge is 0.394 e. The van der Waals surface area contributed by atoms with Gasteiger partial charge in [-0.2, -0.15) is 0 Å². The molecule has 0 aromatic carbocycles. The number of carbonyl (C=O) groups is 1. The van der Waals surface area contributed by atoms with E-state index in [2.05, 4.69) is 5.32 Å². The second-order valence-corrected chi connectivity index (χ2v) is 8.16. The molecule has 10 atom stereocenters. The molecule has 2 rings (SSSR count). The van der Waals surface area contributed by atoms with Crippen molar-refractivity contribution in [1.29, 1.82) is 0 Å². The minimum absolute atomic E-state index is 0.0371. The first kappa shape index (κ1) is 28.3. The van der Waals surface area contributed by atoms with Crippen LogP contribution < -0.4 is 11.1 Å². The van der Waals surface area contributed by atoms with E-state index in [4.69, 9.17) is 44.4 Å². The molecule has 2 heterocycles. The van der Waals surface area contributed by atoms with Gasteiger partial charge in [-0.15, -0.1) is 0 Å². The summed E-state index contributed by atoms with van der Waals surface area (Å²) in [5, 5.41) is 42.2. The summed E-state index contributed by atoms with van der Waals surface area (Å²) in [6.45, 7) is 2.87. The van der Waals surface area contributed by atoms with Crippen LogP contribution in [0, 0.1) is 5.92 Å². The lowest BCUT2D eigenvalue weighted by atomic mass is 9.89. The first-order valence-electron chi connectivity index (χ1n) is 11.0. The zero-order valence-electron chi connectivity index (χ0n) is 19.2. The fourth-order valence-corrected chi connectivity index (χ4v) is 3.93. The second kappa shape index (κ2) is 13.8. The van der Waals surface area contributed by atoms with Crippen LogP contribution in [-0.4, -0.2) is 128 Å². The van der Waals surface area contributed by atoms with E-state index in [0.717, 1.165) is 0 Å². The average molecular weight is 483 g/mol. The monoisotopic (exact) mass is 482 g/mol. The Hall–Kier alpha value is -0.970. The Bertz CT molecular complexity index is 586. The van der Waals surface area contributed by atoms with Crippen LogP contribution in [0.3, 0.4) is 0 Å². The molecule has 0 radical (unpaired) electrons. The van der Waals surface area contributed by atoms with Gasteiger partial charge >= 0.3 is 0 Å². The molecule has 2 aliphatic rings. The molecule has 0 saturated carbocycles. The fourth-order valence-electron chi connectivity index (χ4n) is 3.93. The molecule has 13 heteroatoms. The number of hydrogen-bond acceptors (Lipinski definition) is 12. The number of carbonyl (C=O) groups excluding carboxylic acids is 1. The standard InChI is InChI=1S/C20H38N2O11/c1-10-12(8-29-6-4-23)31-19(14(21)16(10)26)33-18-13(9-30-7-5-24)32-20(28-3)15(17(18)27)22-11(2)25/h10,12-20,23-24,26-27H,4-9,21H2,1-3H3,(H,22,25)/t10-,12?,13?,14?,15?,16-,17+,18-,19-,20+/m0/s1. The van der Waals surface area contributed by atoms with Gasteiger partial charge in [-0.3, -0.25) is 4.79 Å². The van der Waals surface area contributed by atoms with Gasteiger partial charge in [0.15, 0.2) is 12.6 Å². The maximum absolute atomic E-state index is 11.7. The number of methoxy groups -OCH3 is 1. The summed E-state index contributed by atoms with van der Waals surface area (Å²) in [7, 11) is 1.37. The van der Waals surface area contributed by atoms with Crippen LogP contribution in [0.5, 0.6) is 0 Å². The Kier molecular flexibility index (Phi) is 11.8. The van der Waals surface area contributed by atoms with Gasteiger partial charge < -0.3 is 59.9 Å². The zero-order valence-corrected chi connectivity index (χ0v) is 19.2. The van der Waals surface area contributed by atoms with Gasteiger partial charge in [0, 0.05) is 20.0 Å². The first-order chi connectivity index (χ1) is 15.7. The number of ether oxygens (including phenoxy) is 6. The number of aliphatic hydroxyl groups excluding tert-OH is 4. The predicted molar refractivity (Wildman–Crippen MR) is 112 cm³/mol. The number of rotatable bonds is 12. The van der Waals surface area contributed by atoms with Crippen molar-refractivity contribution in [3.63, 3.8) is 0 Å². The van der Waals surface area contributed by atoms with Crippen LogP contribution in [0.4, 0.5) is 0 Å². The van der Waals surface area contributed by atoms with Crippen LogP contribution in [0.25, 0.3) is 0 Å². The summed E-state index contributed by atoms with van der Waals surface area (Å²) >= 11 is 0. The third-order valence-electron chi connectivity index (χ3n) is 5.74. The molecule has 0 aromatic rings.